The lowest BCUT2D eigenvalue weighted by Gasteiger charge is -2.19. The van der Waals surface area contributed by atoms with Crippen LogP contribution < -0.4 is 5.73 Å². The van der Waals surface area contributed by atoms with E-state index in [1.54, 1.807) is 11.9 Å². The van der Waals surface area contributed by atoms with Gasteiger partial charge in [0.05, 0.1) is 0 Å². The minimum Gasteiger partial charge on any atom is -0.409 e. The number of rotatable bonds is 4. The molecule has 1 aromatic rings. The predicted octanol–water partition coefficient (Wildman–Crippen LogP) is 1.82. The SMILES string of the molecule is Cc1cc(C)c(C(=O)N(C)CC/C(N)=N/O)c(C)c1. The third-order valence-electron chi connectivity index (χ3n) is 3.07. The van der Waals surface area contributed by atoms with E-state index in [1.807, 2.05) is 32.9 Å². The molecule has 5 heteroatoms. The Morgan fingerprint density at radius 2 is 1.84 bits per heavy atom. The van der Waals surface area contributed by atoms with Crippen molar-refractivity contribution >= 4 is 11.7 Å². The molecule has 0 saturated carbocycles. The molecule has 0 aromatic heterocycles. The molecule has 0 bridgehead atoms. The molecule has 0 aliphatic rings. The average molecular weight is 263 g/mol. The Labute approximate surface area is 113 Å². The van der Waals surface area contributed by atoms with Crippen LogP contribution in [0.4, 0.5) is 0 Å². The first-order valence-corrected chi connectivity index (χ1v) is 6.16. The summed E-state index contributed by atoms with van der Waals surface area (Å²) in [4.78, 5) is 14.0. The number of carbonyl (C=O) groups is 1. The van der Waals surface area contributed by atoms with E-state index in [4.69, 9.17) is 10.9 Å². The summed E-state index contributed by atoms with van der Waals surface area (Å²) in [6, 6.07) is 4.00. The van der Waals surface area contributed by atoms with E-state index >= 15 is 0 Å². The van der Waals surface area contributed by atoms with Gasteiger partial charge in [0.25, 0.3) is 5.91 Å². The van der Waals surface area contributed by atoms with Crippen molar-refractivity contribution in [2.75, 3.05) is 13.6 Å². The van der Waals surface area contributed by atoms with Gasteiger partial charge in [-0.2, -0.15) is 0 Å². The van der Waals surface area contributed by atoms with Gasteiger partial charge in [0.1, 0.15) is 5.84 Å². The van der Waals surface area contributed by atoms with Crippen LogP contribution in [0.5, 0.6) is 0 Å². The van der Waals surface area contributed by atoms with Crippen molar-refractivity contribution in [1.29, 1.82) is 0 Å². The third-order valence-corrected chi connectivity index (χ3v) is 3.07. The van der Waals surface area contributed by atoms with Gasteiger partial charge in [-0.15, -0.1) is 0 Å². The lowest BCUT2D eigenvalue weighted by Crippen LogP contribution is -2.31. The fraction of sp³-hybridized carbons (Fsp3) is 0.429. The molecule has 1 amide bonds. The van der Waals surface area contributed by atoms with Gasteiger partial charge in [-0.25, -0.2) is 0 Å². The average Bonchev–Trinajstić information content (AvgIpc) is 2.33. The molecule has 1 rings (SSSR count). The van der Waals surface area contributed by atoms with Crippen LogP contribution in [0.2, 0.25) is 0 Å². The minimum atomic E-state index is -0.0410. The van der Waals surface area contributed by atoms with Crippen LogP contribution >= 0.6 is 0 Å². The van der Waals surface area contributed by atoms with E-state index in [0.29, 0.717) is 13.0 Å². The Morgan fingerprint density at radius 3 is 2.32 bits per heavy atom. The molecule has 0 fully saturated rings. The summed E-state index contributed by atoms with van der Waals surface area (Å²) < 4.78 is 0. The highest BCUT2D eigenvalue weighted by molar-refractivity contribution is 5.97. The second-order valence-corrected chi connectivity index (χ2v) is 4.84. The van der Waals surface area contributed by atoms with E-state index in [-0.39, 0.29) is 11.7 Å². The molecule has 0 aliphatic carbocycles. The zero-order valence-corrected chi connectivity index (χ0v) is 11.9. The standard InChI is InChI=1S/C14H21N3O2/c1-9-7-10(2)13(11(3)8-9)14(18)17(4)6-5-12(15)16-19/h7-8,19H,5-6H2,1-4H3,(H2,15,16). The van der Waals surface area contributed by atoms with E-state index in [9.17, 15) is 4.79 Å². The molecule has 0 aliphatic heterocycles. The zero-order chi connectivity index (χ0) is 14.6. The second-order valence-electron chi connectivity index (χ2n) is 4.84. The molecule has 0 atom stereocenters. The normalized spacial score (nSPS) is 11.5. The van der Waals surface area contributed by atoms with Crippen LogP contribution in [-0.4, -0.2) is 35.4 Å². The molecular weight excluding hydrogens is 242 g/mol. The Morgan fingerprint density at radius 1 is 1.32 bits per heavy atom. The van der Waals surface area contributed by atoms with Crippen molar-refractivity contribution < 1.29 is 10.0 Å². The van der Waals surface area contributed by atoms with Crippen LogP contribution in [0, 0.1) is 20.8 Å². The summed E-state index contributed by atoms with van der Waals surface area (Å²) in [6.07, 6.45) is 0.350. The first-order valence-electron chi connectivity index (χ1n) is 6.16. The number of hydrogen-bond donors (Lipinski definition) is 2. The lowest BCUT2D eigenvalue weighted by molar-refractivity contribution is 0.0797. The smallest absolute Gasteiger partial charge is 0.254 e. The maximum Gasteiger partial charge on any atom is 0.254 e. The van der Waals surface area contributed by atoms with Crippen LogP contribution in [0.3, 0.4) is 0 Å². The maximum atomic E-state index is 12.4. The number of aryl methyl sites for hydroxylation is 3. The first-order chi connectivity index (χ1) is 8.86. The number of amides is 1. The first kappa shape index (κ1) is 15.0. The summed E-state index contributed by atoms with van der Waals surface area (Å²) in [5, 5.41) is 11.4. The van der Waals surface area contributed by atoms with Crippen molar-refractivity contribution in [3.05, 3.63) is 34.4 Å². The van der Waals surface area contributed by atoms with Gasteiger partial charge in [0, 0.05) is 25.6 Å². The highest BCUT2D eigenvalue weighted by atomic mass is 16.4. The van der Waals surface area contributed by atoms with Crippen molar-refractivity contribution in [3.8, 4) is 0 Å². The maximum absolute atomic E-state index is 12.4. The van der Waals surface area contributed by atoms with Crippen molar-refractivity contribution in [2.45, 2.75) is 27.2 Å². The number of nitrogens with zero attached hydrogens (tertiary/aromatic N) is 2. The van der Waals surface area contributed by atoms with Gasteiger partial charge in [0.2, 0.25) is 0 Å². The summed E-state index contributed by atoms with van der Waals surface area (Å²) >= 11 is 0. The van der Waals surface area contributed by atoms with Crippen LogP contribution in [0.1, 0.15) is 33.5 Å². The molecule has 0 spiro atoms. The van der Waals surface area contributed by atoms with Crippen molar-refractivity contribution in [2.24, 2.45) is 10.9 Å². The molecule has 1 aromatic carbocycles. The lowest BCUT2D eigenvalue weighted by atomic mass is 9.99. The van der Waals surface area contributed by atoms with Crippen molar-refractivity contribution in [1.82, 2.24) is 4.90 Å². The second kappa shape index (κ2) is 6.22. The molecule has 5 nitrogen and oxygen atoms in total. The van der Waals surface area contributed by atoms with Gasteiger partial charge in [-0.05, 0) is 31.9 Å². The molecule has 0 heterocycles. The van der Waals surface area contributed by atoms with Gasteiger partial charge in [-0.3, -0.25) is 4.79 Å². The topological polar surface area (TPSA) is 78.9 Å². The van der Waals surface area contributed by atoms with E-state index in [1.165, 1.54) is 0 Å². The molecule has 0 radical (unpaired) electrons. The Hall–Kier alpha value is -2.04. The number of amidine groups is 1. The fourth-order valence-corrected chi connectivity index (χ4v) is 2.14. The Bertz CT molecular complexity index is 486. The molecule has 3 N–H and O–H groups in total. The van der Waals surface area contributed by atoms with Gasteiger partial charge in [-0.1, -0.05) is 22.9 Å². The number of oxime groups is 1. The van der Waals surface area contributed by atoms with Gasteiger partial charge >= 0.3 is 0 Å². The Balaban J connectivity index is 2.89. The molecule has 0 unspecified atom stereocenters. The minimum absolute atomic E-state index is 0.0410. The summed E-state index contributed by atoms with van der Waals surface area (Å²) in [6.45, 7) is 6.30. The predicted molar refractivity (Wildman–Crippen MR) is 75.6 cm³/mol. The molecular formula is C14H21N3O2. The van der Waals surface area contributed by atoms with Crippen LogP contribution in [0.25, 0.3) is 0 Å². The molecule has 0 saturated heterocycles. The number of nitrogens with two attached hydrogens (primary N) is 1. The molecule has 104 valence electrons. The highest BCUT2D eigenvalue weighted by Crippen LogP contribution is 2.18. The van der Waals surface area contributed by atoms with Crippen molar-refractivity contribution in [3.63, 3.8) is 0 Å². The monoisotopic (exact) mass is 263 g/mol. The van der Waals surface area contributed by atoms with E-state index < -0.39 is 0 Å². The number of carbonyl (C=O) groups excluding carboxylic acids is 1. The summed E-state index contributed by atoms with van der Waals surface area (Å²) in [7, 11) is 1.71. The summed E-state index contributed by atoms with van der Waals surface area (Å²) in [5.41, 5.74) is 9.22. The van der Waals surface area contributed by atoms with Gasteiger partial charge in [0.15, 0.2) is 0 Å². The third kappa shape index (κ3) is 3.71. The highest BCUT2D eigenvalue weighted by Gasteiger charge is 2.17. The zero-order valence-electron chi connectivity index (χ0n) is 11.9. The fourth-order valence-electron chi connectivity index (χ4n) is 2.14. The van der Waals surface area contributed by atoms with E-state index in [0.717, 1.165) is 22.3 Å². The van der Waals surface area contributed by atoms with E-state index in [2.05, 4.69) is 5.16 Å². The number of benzene rings is 1. The molecule has 19 heavy (non-hydrogen) atoms. The quantitative estimate of drug-likeness (QED) is 0.376. The Kier molecular flexibility index (Phi) is 4.92. The summed E-state index contributed by atoms with van der Waals surface area (Å²) in [5.74, 6) is 0.0812. The largest absolute Gasteiger partial charge is 0.409 e. The van der Waals surface area contributed by atoms with Crippen LogP contribution in [-0.2, 0) is 0 Å². The van der Waals surface area contributed by atoms with Gasteiger partial charge < -0.3 is 15.8 Å². The number of hydrogen-bond acceptors (Lipinski definition) is 3. The van der Waals surface area contributed by atoms with Crippen LogP contribution in [0.15, 0.2) is 17.3 Å².